The molecule has 0 saturated carbocycles. The summed E-state index contributed by atoms with van der Waals surface area (Å²) in [6.07, 6.45) is 1.23. The number of anilines is 1. The zero-order valence-electron chi connectivity index (χ0n) is 15.0. The van der Waals surface area contributed by atoms with Crippen LogP contribution in [0.4, 0.5) is 10.3 Å². The molecular weight excluding hydrogens is 351 g/mol. The monoisotopic (exact) mass is 372 g/mol. The number of hydrogen-bond acceptors (Lipinski definition) is 5. The Morgan fingerprint density at radius 1 is 1.38 bits per heavy atom. The lowest BCUT2D eigenvalue weighted by molar-refractivity contribution is -0.118. The third-order valence-corrected chi connectivity index (χ3v) is 5.47. The number of Topliss-reactive ketones (excluding diaryl/α,β-unsaturated/α-hetero) is 1. The highest BCUT2D eigenvalue weighted by Gasteiger charge is 2.41. The quantitative estimate of drug-likeness (QED) is 0.819. The lowest BCUT2D eigenvalue weighted by atomic mass is 9.73. The number of nitrogens with zero attached hydrogens (tertiary/aromatic N) is 3. The van der Waals surface area contributed by atoms with Crippen molar-refractivity contribution in [1.82, 2.24) is 14.8 Å². The number of nitrogens with one attached hydrogen (secondary N) is 1. The first-order chi connectivity index (χ1) is 12.4. The number of hydrogen-bond donors (Lipinski definition) is 1. The zero-order valence-corrected chi connectivity index (χ0v) is 15.9. The minimum absolute atomic E-state index is 0.0869. The number of ketones is 1. The lowest BCUT2D eigenvalue weighted by Gasteiger charge is -2.38. The van der Waals surface area contributed by atoms with E-state index in [2.05, 4.69) is 29.2 Å². The van der Waals surface area contributed by atoms with E-state index in [4.69, 9.17) is 0 Å². The van der Waals surface area contributed by atoms with Crippen LogP contribution in [-0.4, -0.2) is 26.3 Å². The molecule has 26 heavy (non-hydrogen) atoms. The molecule has 136 valence electrons. The van der Waals surface area contributed by atoms with Crippen LogP contribution in [0, 0.1) is 11.2 Å². The highest BCUT2D eigenvalue weighted by atomic mass is 32.2. The highest BCUT2D eigenvalue weighted by molar-refractivity contribution is 7.99. The van der Waals surface area contributed by atoms with Crippen molar-refractivity contribution in [3.8, 4) is 0 Å². The molecule has 0 amide bonds. The lowest BCUT2D eigenvalue weighted by Crippen LogP contribution is -2.36. The maximum atomic E-state index is 13.9. The van der Waals surface area contributed by atoms with Crippen molar-refractivity contribution in [3.63, 3.8) is 0 Å². The van der Waals surface area contributed by atoms with Crippen molar-refractivity contribution < 1.29 is 9.18 Å². The summed E-state index contributed by atoms with van der Waals surface area (Å²) in [5.41, 5.74) is 2.17. The molecule has 0 spiro atoms. The van der Waals surface area contributed by atoms with Crippen molar-refractivity contribution in [1.29, 1.82) is 0 Å². The van der Waals surface area contributed by atoms with Gasteiger partial charge in [0.15, 0.2) is 5.78 Å². The van der Waals surface area contributed by atoms with Crippen LogP contribution in [0.25, 0.3) is 0 Å². The van der Waals surface area contributed by atoms with Crippen molar-refractivity contribution in [2.24, 2.45) is 5.41 Å². The van der Waals surface area contributed by atoms with E-state index in [-0.39, 0.29) is 17.0 Å². The third kappa shape index (κ3) is 2.94. The van der Waals surface area contributed by atoms with Crippen LogP contribution in [0.3, 0.4) is 0 Å². The zero-order chi connectivity index (χ0) is 18.5. The van der Waals surface area contributed by atoms with Gasteiger partial charge in [-0.2, -0.15) is 4.98 Å². The fourth-order valence-corrected chi connectivity index (χ4v) is 4.32. The van der Waals surface area contributed by atoms with Gasteiger partial charge >= 0.3 is 0 Å². The van der Waals surface area contributed by atoms with Crippen LogP contribution >= 0.6 is 11.8 Å². The Balaban J connectivity index is 1.89. The van der Waals surface area contributed by atoms with Crippen LogP contribution in [0.15, 0.2) is 40.7 Å². The van der Waals surface area contributed by atoms with E-state index in [0.717, 1.165) is 17.9 Å². The van der Waals surface area contributed by atoms with Gasteiger partial charge in [0.25, 0.3) is 0 Å². The second-order valence-corrected chi connectivity index (χ2v) is 8.74. The molecule has 0 radical (unpaired) electrons. The molecule has 5 nitrogen and oxygen atoms in total. The minimum Gasteiger partial charge on any atom is -0.328 e. The van der Waals surface area contributed by atoms with Crippen molar-refractivity contribution in [2.75, 3.05) is 11.1 Å². The van der Waals surface area contributed by atoms with Crippen molar-refractivity contribution >= 4 is 23.5 Å². The van der Waals surface area contributed by atoms with Crippen molar-refractivity contribution in [2.45, 2.75) is 44.8 Å². The number of benzene rings is 1. The van der Waals surface area contributed by atoms with Crippen LogP contribution in [-0.2, 0) is 4.79 Å². The van der Waals surface area contributed by atoms with E-state index < -0.39 is 6.04 Å². The molecule has 2 heterocycles. The van der Waals surface area contributed by atoms with E-state index in [0.29, 0.717) is 28.7 Å². The summed E-state index contributed by atoms with van der Waals surface area (Å²) in [6.45, 7) is 6.22. The topological polar surface area (TPSA) is 59.8 Å². The van der Waals surface area contributed by atoms with E-state index >= 15 is 0 Å². The van der Waals surface area contributed by atoms with Crippen LogP contribution in [0.2, 0.25) is 0 Å². The Morgan fingerprint density at radius 3 is 2.92 bits per heavy atom. The van der Waals surface area contributed by atoms with Gasteiger partial charge in [0.2, 0.25) is 11.1 Å². The highest BCUT2D eigenvalue weighted by Crippen LogP contribution is 2.45. The Labute approximate surface area is 156 Å². The summed E-state index contributed by atoms with van der Waals surface area (Å²) < 4.78 is 15.6. The van der Waals surface area contributed by atoms with Gasteiger partial charge in [-0.3, -0.25) is 4.79 Å². The number of allylic oxidation sites excluding steroid dienone is 2. The number of carbonyl (C=O) groups excluding carboxylic acids is 1. The van der Waals surface area contributed by atoms with E-state index in [1.807, 2.05) is 13.0 Å². The van der Waals surface area contributed by atoms with Gasteiger partial charge < -0.3 is 5.32 Å². The summed E-state index contributed by atoms with van der Waals surface area (Å²) in [6, 6.07) is 5.95. The maximum Gasteiger partial charge on any atom is 0.227 e. The standard InChI is InChI=1S/C19H21FN4OS/c1-4-26-18-22-17-21-13-9-19(2,3)10-14(25)15(13)16(24(17)23-18)11-6-5-7-12(20)8-11/h5-8,16H,4,9-10H2,1-3H3,(H,21,22,23). The first kappa shape index (κ1) is 17.3. The number of halogens is 1. The van der Waals surface area contributed by atoms with Gasteiger partial charge in [-0.05, 0) is 35.3 Å². The average Bonchev–Trinajstić information content (AvgIpc) is 2.94. The molecule has 1 unspecified atom stereocenters. The number of thioether (sulfide) groups is 1. The molecule has 7 heteroatoms. The number of rotatable bonds is 3. The number of carbonyl (C=O) groups is 1. The smallest absolute Gasteiger partial charge is 0.227 e. The normalized spacial score (nSPS) is 21.2. The Morgan fingerprint density at radius 2 is 2.19 bits per heavy atom. The molecule has 1 aromatic carbocycles. The van der Waals surface area contributed by atoms with Gasteiger partial charge in [-0.1, -0.05) is 44.7 Å². The number of fused-ring (bicyclic) bond motifs is 1. The molecule has 2 aromatic rings. The molecule has 2 aliphatic rings. The summed E-state index contributed by atoms with van der Waals surface area (Å²) >= 11 is 1.54. The molecule has 1 aromatic heterocycles. The summed E-state index contributed by atoms with van der Waals surface area (Å²) in [5.74, 6) is 1.23. The van der Waals surface area contributed by atoms with Crippen molar-refractivity contribution in [3.05, 3.63) is 46.9 Å². The van der Waals surface area contributed by atoms with Gasteiger partial charge in [-0.25, -0.2) is 9.07 Å². The van der Waals surface area contributed by atoms with Gasteiger partial charge in [-0.15, -0.1) is 5.10 Å². The summed E-state index contributed by atoms with van der Waals surface area (Å²) in [7, 11) is 0. The summed E-state index contributed by atoms with van der Waals surface area (Å²) in [4.78, 5) is 17.6. The molecular formula is C19H21FN4OS. The van der Waals surface area contributed by atoms with E-state index in [9.17, 15) is 9.18 Å². The van der Waals surface area contributed by atoms with E-state index in [1.165, 1.54) is 12.1 Å². The maximum absolute atomic E-state index is 13.9. The molecule has 1 N–H and O–H groups in total. The summed E-state index contributed by atoms with van der Waals surface area (Å²) in [5, 5.41) is 8.56. The largest absolute Gasteiger partial charge is 0.328 e. The van der Waals surface area contributed by atoms with Gasteiger partial charge in [0, 0.05) is 17.7 Å². The Kier molecular flexibility index (Phi) is 4.14. The molecule has 4 rings (SSSR count). The molecule has 0 bridgehead atoms. The number of aromatic nitrogens is 3. The van der Waals surface area contributed by atoms with Crippen LogP contribution in [0.1, 0.15) is 45.2 Å². The van der Waals surface area contributed by atoms with Crippen LogP contribution < -0.4 is 5.32 Å². The SMILES string of the molecule is CCSc1nc2n(n1)C(c1cccc(F)c1)C1=C(CC(C)(C)CC1=O)N2. The Hall–Kier alpha value is -2.15. The second kappa shape index (κ2) is 6.23. The predicted molar refractivity (Wildman–Crippen MR) is 99.6 cm³/mol. The molecule has 1 aliphatic carbocycles. The van der Waals surface area contributed by atoms with Gasteiger partial charge in [0.1, 0.15) is 11.9 Å². The predicted octanol–water partition coefficient (Wildman–Crippen LogP) is 4.19. The van der Waals surface area contributed by atoms with E-state index in [1.54, 1.807) is 22.5 Å². The average molecular weight is 372 g/mol. The minimum atomic E-state index is -0.445. The first-order valence-corrected chi connectivity index (χ1v) is 9.74. The van der Waals surface area contributed by atoms with Crippen LogP contribution in [0.5, 0.6) is 0 Å². The Bertz CT molecular complexity index is 918. The fourth-order valence-electron chi connectivity index (χ4n) is 3.76. The third-order valence-electron chi connectivity index (χ3n) is 4.75. The van der Waals surface area contributed by atoms with Gasteiger partial charge in [0.05, 0.1) is 0 Å². The molecule has 0 fully saturated rings. The molecule has 0 saturated heterocycles. The molecule has 1 aliphatic heterocycles. The first-order valence-electron chi connectivity index (χ1n) is 8.76. The fraction of sp³-hybridized carbons (Fsp3) is 0.421. The molecule has 1 atom stereocenters. The second-order valence-electron chi connectivity index (χ2n) is 7.51.